The van der Waals surface area contributed by atoms with Crippen LogP contribution in [-0.2, 0) is 13.0 Å². The van der Waals surface area contributed by atoms with Crippen LogP contribution in [0.2, 0.25) is 0 Å². The number of nitrogens with zero attached hydrogens (tertiary/aromatic N) is 1. The number of benzene rings is 1. The second-order valence-corrected chi connectivity index (χ2v) is 6.55. The number of piperidine rings is 1. The lowest BCUT2D eigenvalue weighted by Crippen LogP contribution is -2.46. The maximum Gasteiger partial charge on any atom is 0.0405 e. The minimum Gasteiger partial charge on any atom is -0.368 e. The smallest absolute Gasteiger partial charge is 0.0405 e. The van der Waals surface area contributed by atoms with Crippen LogP contribution in [0, 0.1) is 11.8 Å². The molecule has 2 heterocycles. The molecule has 104 valence electrons. The quantitative estimate of drug-likeness (QED) is 0.832. The van der Waals surface area contributed by atoms with Gasteiger partial charge in [-0.05, 0) is 55.3 Å². The first-order valence-corrected chi connectivity index (χ1v) is 7.75. The monoisotopic (exact) mass is 258 g/mol. The van der Waals surface area contributed by atoms with Crippen LogP contribution in [0.1, 0.15) is 38.3 Å². The number of hydrogen-bond acceptors (Lipinski definition) is 2. The second kappa shape index (κ2) is 5.16. The Kier molecular flexibility index (Phi) is 3.53. The Labute approximate surface area is 117 Å². The molecule has 0 aliphatic carbocycles. The molecule has 0 aromatic heterocycles. The van der Waals surface area contributed by atoms with Gasteiger partial charge in [0.25, 0.3) is 0 Å². The van der Waals surface area contributed by atoms with Crippen molar-refractivity contribution in [2.45, 2.75) is 46.2 Å². The fraction of sp³-hybridized carbons (Fsp3) is 0.647. The molecule has 19 heavy (non-hydrogen) atoms. The molecule has 0 radical (unpaired) electrons. The minimum atomic E-state index is 0.664. The third-order valence-corrected chi connectivity index (χ3v) is 5.02. The molecule has 0 amide bonds. The summed E-state index contributed by atoms with van der Waals surface area (Å²) in [5.41, 5.74) is 4.60. The van der Waals surface area contributed by atoms with Crippen molar-refractivity contribution in [3.05, 3.63) is 29.3 Å². The van der Waals surface area contributed by atoms with Crippen molar-refractivity contribution < 1.29 is 0 Å². The molecule has 1 aromatic carbocycles. The summed E-state index contributed by atoms with van der Waals surface area (Å²) in [5.74, 6) is 1.60. The fourth-order valence-electron chi connectivity index (χ4n) is 3.81. The molecule has 1 aromatic rings. The normalized spacial score (nSPS) is 31.1. The molecule has 2 aliphatic heterocycles. The summed E-state index contributed by atoms with van der Waals surface area (Å²) in [6.45, 7) is 10.6. The average Bonchev–Trinajstić information content (AvgIpc) is 2.42. The first-order valence-electron chi connectivity index (χ1n) is 7.75. The van der Waals surface area contributed by atoms with Gasteiger partial charge >= 0.3 is 0 Å². The lowest BCUT2D eigenvalue weighted by atomic mass is 9.84. The molecule has 1 N–H and O–H groups in total. The molecule has 0 saturated carbocycles. The maximum absolute atomic E-state index is 3.48. The van der Waals surface area contributed by atoms with E-state index in [1.165, 1.54) is 30.6 Å². The first kappa shape index (κ1) is 13.0. The van der Waals surface area contributed by atoms with Crippen molar-refractivity contribution in [2.75, 3.05) is 18.0 Å². The van der Waals surface area contributed by atoms with Gasteiger partial charge in [-0.2, -0.15) is 0 Å². The predicted octanol–water partition coefficient (Wildman–Crippen LogP) is 3.20. The summed E-state index contributed by atoms with van der Waals surface area (Å²) in [7, 11) is 0. The Morgan fingerprint density at radius 2 is 2.05 bits per heavy atom. The van der Waals surface area contributed by atoms with E-state index in [0.717, 1.165) is 24.9 Å². The first-order chi connectivity index (χ1) is 9.16. The molecule has 1 saturated heterocycles. The van der Waals surface area contributed by atoms with Crippen LogP contribution in [0.15, 0.2) is 18.2 Å². The Bertz CT molecular complexity index is 455. The number of nitrogens with one attached hydrogen (secondary N) is 1. The Morgan fingerprint density at radius 1 is 1.21 bits per heavy atom. The topological polar surface area (TPSA) is 15.3 Å². The molecule has 3 unspecified atom stereocenters. The van der Waals surface area contributed by atoms with Gasteiger partial charge in [-0.25, -0.2) is 0 Å². The molecule has 2 heteroatoms. The highest BCUT2D eigenvalue weighted by molar-refractivity contribution is 5.58. The van der Waals surface area contributed by atoms with Gasteiger partial charge in [-0.3, -0.25) is 0 Å². The highest BCUT2D eigenvalue weighted by Gasteiger charge is 2.30. The van der Waals surface area contributed by atoms with Crippen LogP contribution in [0.3, 0.4) is 0 Å². The fourth-order valence-corrected chi connectivity index (χ4v) is 3.81. The highest BCUT2D eigenvalue weighted by atomic mass is 15.2. The van der Waals surface area contributed by atoms with Crippen molar-refractivity contribution in [1.82, 2.24) is 5.32 Å². The van der Waals surface area contributed by atoms with Crippen LogP contribution >= 0.6 is 0 Å². The largest absolute Gasteiger partial charge is 0.368 e. The third-order valence-electron chi connectivity index (χ3n) is 5.02. The van der Waals surface area contributed by atoms with E-state index in [-0.39, 0.29) is 0 Å². The van der Waals surface area contributed by atoms with Gasteiger partial charge in [0.2, 0.25) is 0 Å². The van der Waals surface area contributed by atoms with Gasteiger partial charge in [0, 0.05) is 24.8 Å². The molecule has 0 spiro atoms. The predicted molar refractivity (Wildman–Crippen MR) is 81.6 cm³/mol. The number of hydrogen-bond donors (Lipinski definition) is 1. The highest BCUT2D eigenvalue weighted by Crippen LogP contribution is 2.35. The molecule has 3 rings (SSSR count). The molecule has 1 fully saturated rings. The standard InChI is InChI=1S/C17H26N2/c1-12-9-13(2)14(3)19(11-12)17-6-4-5-15-10-18-8-7-16(15)17/h4-6,12-14,18H,7-11H2,1-3H3. The van der Waals surface area contributed by atoms with Gasteiger partial charge in [-0.15, -0.1) is 0 Å². The third kappa shape index (κ3) is 2.38. The van der Waals surface area contributed by atoms with Gasteiger partial charge in [0.15, 0.2) is 0 Å². The molecule has 2 nitrogen and oxygen atoms in total. The minimum absolute atomic E-state index is 0.664. The van der Waals surface area contributed by atoms with Crippen LogP contribution in [-0.4, -0.2) is 19.1 Å². The van der Waals surface area contributed by atoms with Crippen LogP contribution < -0.4 is 10.2 Å². The van der Waals surface area contributed by atoms with E-state index < -0.39 is 0 Å². The lowest BCUT2D eigenvalue weighted by Gasteiger charge is -2.44. The summed E-state index contributed by atoms with van der Waals surface area (Å²) in [6.07, 6.45) is 2.55. The number of fused-ring (bicyclic) bond motifs is 1. The number of anilines is 1. The van der Waals surface area contributed by atoms with Gasteiger partial charge in [0.1, 0.15) is 0 Å². The second-order valence-electron chi connectivity index (χ2n) is 6.55. The zero-order valence-electron chi connectivity index (χ0n) is 12.4. The Morgan fingerprint density at radius 3 is 2.89 bits per heavy atom. The summed E-state index contributed by atoms with van der Waals surface area (Å²) < 4.78 is 0. The van der Waals surface area contributed by atoms with Crippen LogP contribution in [0.4, 0.5) is 5.69 Å². The zero-order chi connectivity index (χ0) is 13.4. The van der Waals surface area contributed by atoms with Crippen molar-refractivity contribution in [1.29, 1.82) is 0 Å². The maximum atomic E-state index is 3.48. The lowest BCUT2D eigenvalue weighted by molar-refractivity contribution is 0.296. The van der Waals surface area contributed by atoms with Crippen molar-refractivity contribution in [3.63, 3.8) is 0 Å². The average molecular weight is 258 g/mol. The molecular weight excluding hydrogens is 232 g/mol. The molecule has 2 aliphatic rings. The van der Waals surface area contributed by atoms with Crippen LogP contribution in [0.5, 0.6) is 0 Å². The van der Waals surface area contributed by atoms with Gasteiger partial charge in [-0.1, -0.05) is 26.0 Å². The molecule has 0 bridgehead atoms. The van der Waals surface area contributed by atoms with E-state index in [1.54, 1.807) is 5.56 Å². The van der Waals surface area contributed by atoms with Crippen molar-refractivity contribution in [3.8, 4) is 0 Å². The van der Waals surface area contributed by atoms with Crippen molar-refractivity contribution >= 4 is 5.69 Å². The summed E-state index contributed by atoms with van der Waals surface area (Å²) in [6, 6.07) is 7.52. The summed E-state index contributed by atoms with van der Waals surface area (Å²) in [5, 5.41) is 3.48. The van der Waals surface area contributed by atoms with E-state index in [1.807, 2.05) is 0 Å². The Balaban J connectivity index is 1.96. The van der Waals surface area contributed by atoms with Crippen molar-refractivity contribution in [2.24, 2.45) is 11.8 Å². The SMILES string of the molecule is CC1CC(C)C(C)N(c2cccc3c2CCNC3)C1. The number of rotatable bonds is 1. The van der Waals surface area contributed by atoms with Crippen LogP contribution in [0.25, 0.3) is 0 Å². The van der Waals surface area contributed by atoms with E-state index in [4.69, 9.17) is 0 Å². The summed E-state index contributed by atoms with van der Waals surface area (Å²) in [4.78, 5) is 2.67. The van der Waals surface area contributed by atoms with E-state index in [9.17, 15) is 0 Å². The van der Waals surface area contributed by atoms with E-state index in [0.29, 0.717) is 6.04 Å². The van der Waals surface area contributed by atoms with E-state index in [2.05, 4.69) is 49.2 Å². The zero-order valence-corrected chi connectivity index (χ0v) is 12.4. The Hall–Kier alpha value is -1.02. The van der Waals surface area contributed by atoms with Gasteiger partial charge in [0.05, 0.1) is 0 Å². The van der Waals surface area contributed by atoms with E-state index >= 15 is 0 Å². The molecule has 3 atom stereocenters. The van der Waals surface area contributed by atoms with Gasteiger partial charge < -0.3 is 10.2 Å². The molecular formula is C17H26N2. The summed E-state index contributed by atoms with van der Waals surface area (Å²) >= 11 is 0.